The Hall–Kier alpha value is -1.70. The van der Waals surface area contributed by atoms with Crippen molar-refractivity contribution in [1.29, 1.82) is 0 Å². The standard InChI is InChI=1S/C14H20N4O2S/c1-9(13-6-4-12(8-15)5-7-13)18-21(19,20)14-10(2)16-17-11(14)3/h4-7,9,18H,8,15H2,1-3H3,(H,16,17). The van der Waals surface area contributed by atoms with Crippen LogP contribution in [0, 0.1) is 13.8 Å². The van der Waals surface area contributed by atoms with Crippen molar-refractivity contribution in [1.82, 2.24) is 14.9 Å². The van der Waals surface area contributed by atoms with E-state index in [0.29, 0.717) is 17.9 Å². The molecule has 1 unspecified atom stereocenters. The van der Waals surface area contributed by atoms with Crippen molar-refractivity contribution in [2.75, 3.05) is 0 Å². The van der Waals surface area contributed by atoms with E-state index in [4.69, 9.17) is 5.73 Å². The average molecular weight is 308 g/mol. The van der Waals surface area contributed by atoms with Crippen molar-refractivity contribution in [2.45, 2.75) is 38.3 Å². The number of H-pyrrole nitrogens is 1. The molecule has 0 bridgehead atoms. The van der Waals surface area contributed by atoms with Gasteiger partial charge in [0.05, 0.1) is 11.4 Å². The molecule has 1 aromatic carbocycles. The Morgan fingerprint density at radius 2 is 1.90 bits per heavy atom. The van der Waals surface area contributed by atoms with Crippen LogP contribution in [0.25, 0.3) is 0 Å². The van der Waals surface area contributed by atoms with Gasteiger partial charge in [0, 0.05) is 12.6 Å². The number of sulfonamides is 1. The molecular formula is C14H20N4O2S. The highest BCUT2D eigenvalue weighted by atomic mass is 32.2. The smallest absolute Gasteiger partial charge is 0.244 e. The third-order valence-corrected chi connectivity index (χ3v) is 5.18. The summed E-state index contributed by atoms with van der Waals surface area (Å²) in [5, 5.41) is 6.62. The van der Waals surface area contributed by atoms with E-state index in [1.54, 1.807) is 20.8 Å². The Bertz CT molecular complexity index is 700. The van der Waals surface area contributed by atoms with Crippen LogP contribution < -0.4 is 10.5 Å². The number of nitrogens with two attached hydrogens (primary N) is 1. The first-order valence-electron chi connectivity index (χ1n) is 6.68. The fraction of sp³-hybridized carbons (Fsp3) is 0.357. The molecule has 1 heterocycles. The Labute approximate surface area is 124 Å². The maximum Gasteiger partial charge on any atom is 0.244 e. The molecule has 0 saturated heterocycles. The van der Waals surface area contributed by atoms with Gasteiger partial charge in [-0.05, 0) is 31.9 Å². The summed E-state index contributed by atoms with van der Waals surface area (Å²) in [6.45, 7) is 5.63. The van der Waals surface area contributed by atoms with E-state index in [1.165, 1.54) is 0 Å². The molecule has 1 atom stereocenters. The minimum Gasteiger partial charge on any atom is -0.326 e. The second-order valence-corrected chi connectivity index (χ2v) is 6.70. The molecular weight excluding hydrogens is 288 g/mol. The van der Waals surface area contributed by atoms with Crippen molar-refractivity contribution in [3.63, 3.8) is 0 Å². The quantitative estimate of drug-likeness (QED) is 0.779. The van der Waals surface area contributed by atoms with Gasteiger partial charge in [0.1, 0.15) is 4.90 Å². The highest BCUT2D eigenvalue weighted by molar-refractivity contribution is 7.89. The summed E-state index contributed by atoms with van der Waals surface area (Å²) in [7, 11) is -3.61. The van der Waals surface area contributed by atoms with Crippen LogP contribution in [0.5, 0.6) is 0 Å². The number of rotatable bonds is 5. The summed E-state index contributed by atoms with van der Waals surface area (Å²) in [5.41, 5.74) is 8.44. The van der Waals surface area contributed by atoms with E-state index in [1.807, 2.05) is 24.3 Å². The molecule has 6 nitrogen and oxygen atoms in total. The molecule has 0 aliphatic carbocycles. The van der Waals surface area contributed by atoms with Crippen LogP contribution in [-0.2, 0) is 16.6 Å². The number of nitrogens with one attached hydrogen (secondary N) is 2. The highest BCUT2D eigenvalue weighted by Crippen LogP contribution is 2.21. The molecule has 0 fully saturated rings. The van der Waals surface area contributed by atoms with Gasteiger partial charge in [-0.1, -0.05) is 24.3 Å². The molecule has 1 aromatic heterocycles. The van der Waals surface area contributed by atoms with Gasteiger partial charge >= 0.3 is 0 Å². The first kappa shape index (κ1) is 15.7. The van der Waals surface area contributed by atoms with Crippen LogP contribution >= 0.6 is 0 Å². The molecule has 2 rings (SSSR count). The van der Waals surface area contributed by atoms with Gasteiger partial charge in [-0.3, -0.25) is 5.10 Å². The number of aryl methyl sites for hydroxylation is 2. The highest BCUT2D eigenvalue weighted by Gasteiger charge is 2.24. The van der Waals surface area contributed by atoms with Crippen molar-refractivity contribution >= 4 is 10.0 Å². The predicted octanol–water partition coefficient (Wildman–Crippen LogP) is 1.52. The molecule has 0 aliphatic heterocycles. The lowest BCUT2D eigenvalue weighted by Gasteiger charge is -2.15. The van der Waals surface area contributed by atoms with Gasteiger partial charge in [-0.25, -0.2) is 13.1 Å². The van der Waals surface area contributed by atoms with E-state index in [9.17, 15) is 8.42 Å². The molecule has 0 aliphatic rings. The second kappa shape index (κ2) is 5.97. The van der Waals surface area contributed by atoms with Crippen LogP contribution in [0.1, 0.15) is 35.5 Å². The molecule has 114 valence electrons. The minimum atomic E-state index is -3.61. The first-order valence-corrected chi connectivity index (χ1v) is 8.16. The van der Waals surface area contributed by atoms with Gasteiger partial charge < -0.3 is 5.73 Å². The third-order valence-electron chi connectivity index (χ3n) is 3.38. The molecule has 0 saturated carbocycles. The molecule has 7 heteroatoms. The van der Waals surface area contributed by atoms with Crippen molar-refractivity contribution < 1.29 is 8.42 Å². The van der Waals surface area contributed by atoms with E-state index >= 15 is 0 Å². The zero-order valence-electron chi connectivity index (χ0n) is 12.3. The van der Waals surface area contributed by atoms with Crippen LogP contribution in [0.3, 0.4) is 0 Å². The molecule has 0 spiro atoms. The summed E-state index contributed by atoms with van der Waals surface area (Å²) in [6, 6.07) is 7.22. The zero-order valence-corrected chi connectivity index (χ0v) is 13.2. The Balaban J connectivity index is 2.23. The second-order valence-electron chi connectivity index (χ2n) is 5.05. The largest absolute Gasteiger partial charge is 0.326 e. The number of hydrogen-bond acceptors (Lipinski definition) is 4. The van der Waals surface area contributed by atoms with Gasteiger partial charge in [0.15, 0.2) is 0 Å². The Kier molecular flexibility index (Phi) is 4.46. The van der Waals surface area contributed by atoms with Gasteiger partial charge in [-0.2, -0.15) is 5.10 Å². The summed E-state index contributed by atoms with van der Waals surface area (Å²) in [6.07, 6.45) is 0. The van der Waals surface area contributed by atoms with Crippen molar-refractivity contribution in [3.05, 3.63) is 46.8 Å². The fourth-order valence-corrected chi connectivity index (χ4v) is 3.84. The number of aromatic amines is 1. The minimum absolute atomic E-state index is 0.216. The van der Waals surface area contributed by atoms with Crippen LogP contribution in [-0.4, -0.2) is 18.6 Å². The third kappa shape index (κ3) is 3.31. The number of hydrogen-bond donors (Lipinski definition) is 3. The van der Waals surface area contributed by atoms with E-state index in [-0.39, 0.29) is 10.9 Å². The van der Waals surface area contributed by atoms with Crippen LogP contribution in [0.2, 0.25) is 0 Å². The van der Waals surface area contributed by atoms with E-state index in [2.05, 4.69) is 14.9 Å². The average Bonchev–Trinajstić information content (AvgIpc) is 2.78. The Morgan fingerprint density at radius 3 is 2.38 bits per heavy atom. The summed E-state index contributed by atoms with van der Waals surface area (Å²) in [4.78, 5) is 0.216. The molecule has 2 aromatic rings. The van der Waals surface area contributed by atoms with Crippen molar-refractivity contribution in [3.8, 4) is 0 Å². The van der Waals surface area contributed by atoms with Crippen LogP contribution in [0.4, 0.5) is 0 Å². The molecule has 0 amide bonds. The van der Waals surface area contributed by atoms with E-state index < -0.39 is 10.0 Å². The summed E-state index contributed by atoms with van der Waals surface area (Å²) in [5.74, 6) is 0. The van der Waals surface area contributed by atoms with Gasteiger partial charge in [0.2, 0.25) is 10.0 Å². The lowest BCUT2D eigenvalue weighted by atomic mass is 10.1. The molecule has 4 N–H and O–H groups in total. The monoisotopic (exact) mass is 308 g/mol. The maximum absolute atomic E-state index is 12.5. The molecule has 21 heavy (non-hydrogen) atoms. The topological polar surface area (TPSA) is 101 Å². The fourth-order valence-electron chi connectivity index (χ4n) is 2.24. The van der Waals surface area contributed by atoms with Crippen molar-refractivity contribution in [2.24, 2.45) is 5.73 Å². The number of aromatic nitrogens is 2. The van der Waals surface area contributed by atoms with Crippen LogP contribution in [0.15, 0.2) is 29.2 Å². The SMILES string of the molecule is Cc1n[nH]c(C)c1S(=O)(=O)NC(C)c1ccc(CN)cc1. The zero-order chi connectivity index (χ0) is 15.6. The summed E-state index contributed by atoms with van der Waals surface area (Å²) < 4.78 is 27.6. The predicted molar refractivity (Wildman–Crippen MR) is 81.1 cm³/mol. The Morgan fingerprint density at radius 1 is 1.29 bits per heavy atom. The number of nitrogens with zero attached hydrogens (tertiary/aromatic N) is 1. The number of benzene rings is 1. The summed E-state index contributed by atoms with van der Waals surface area (Å²) >= 11 is 0. The van der Waals surface area contributed by atoms with Gasteiger partial charge in [0.25, 0.3) is 0 Å². The lowest BCUT2D eigenvalue weighted by Crippen LogP contribution is -2.27. The first-order chi connectivity index (χ1) is 9.85. The van der Waals surface area contributed by atoms with Gasteiger partial charge in [-0.15, -0.1) is 0 Å². The normalized spacial score (nSPS) is 13.3. The maximum atomic E-state index is 12.5. The lowest BCUT2D eigenvalue weighted by molar-refractivity contribution is 0.565. The van der Waals surface area contributed by atoms with E-state index in [0.717, 1.165) is 11.1 Å². The molecule has 0 radical (unpaired) electrons.